The van der Waals surface area contributed by atoms with Crippen molar-refractivity contribution in [1.82, 2.24) is 24.7 Å². The standard InChI is InChI=1S/C28H23N5O2S/c1-35-27(34)25-23(30-22-10-6-5-9-21(22)24(25)18-7-3-2-4-8-18)17-36-28-32-31-26(33(28)20-11-12-20)19-13-15-29-16-14-19/h2-10,13-16,20H,11-12,17H2,1H3. The average molecular weight is 494 g/mol. The van der Waals surface area contributed by atoms with Crippen molar-refractivity contribution in [2.24, 2.45) is 0 Å². The third-order valence-electron chi connectivity index (χ3n) is 6.27. The summed E-state index contributed by atoms with van der Waals surface area (Å²) in [6, 6.07) is 22.1. The van der Waals surface area contributed by atoms with Crippen molar-refractivity contribution in [2.45, 2.75) is 29.8 Å². The van der Waals surface area contributed by atoms with Gasteiger partial charge in [0.15, 0.2) is 11.0 Å². The molecule has 3 aromatic heterocycles. The normalized spacial score (nSPS) is 13.1. The fourth-order valence-electron chi connectivity index (χ4n) is 4.46. The van der Waals surface area contributed by atoms with E-state index in [4.69, 9.17) is 9.72 Å². The lowest BCUT2D eigenvalue weighted by Crippen LogP contribution is -2.11. The number of rotatable bonds is 7. The SMILES string of the molecule is COC(=O)c1c(CSc2nnc(-c3ccncc3)n2C2CC2)nc2ccccc2c1-c1ccccc1. The van der Waals surface area contributed by atoms with Gasteiger partial charge in [-0.15, -0.1) is 10.2 Å². The third kappa shape index (κ3) is 4.13. The lowest BCUT2D eigenvalue weighted by molar-refractivity contribution is 0.0600. The zero-order chi connectivity index (χ0) is 24.5. The van der Waals surface area contributed by atoms with E-state index >= 15 is 0 Å². The van der Waals surface area contributed by atoms with E-state index in [1.807, 2.05) is 66.7 Å². The summed E-state index contributed by atoms with van der Waals surface area (Å²) in [7, 11) is 1.41. The first kappa shape index (κ1) is 22.4. The number of benzene rings is 2. The largest absolute Gasteiger partial charge is 0.465 e. The maximum absolute atomic E-state index is 13.1. The second kappa shape index (κ2) is 9.54. The molecule has 0 radical (unpaired) electrons. The number of aromatic nitrogens is 5. The molecule has 178 valence electrons. The summed E-state index contributed by atoms with van der Waals surface area (Å²) in [5, 5.41) is 10.8. The zero-order valence-corrected chi connectivity index (χ0v) is 20.5. The van der Waals surface area contributed by atoms with Gasteiger partial charge in [-0.05, 0) is 36.6 Å². The van der Waals surface area contributed by atoms with E-state index in [1.165, 1.54) is 7.11 Å². The van der Waals surface area contributed by atoms with Gasteiger partial charge in [0.2, 0.25) is 0 Å². The van der Waals surface area contributed by atoms with Crippen molar-refractivity contribution in [2.75, 3.05) is 7.11 Å². The minimum absolute atomic E-state index is 0.384. The van der Waals surface area contributed by atoms with Gasteiger partial charge in [-0.1, -0.05) is 60.3 Å². The minimum Gasteiger partial charge on any atom is -0.465 e. The van der Waals surface area contributed by atoms with E-state index in [2.05, 4.69) is 19.7 Å². The second-order valence-electron chi connectivity index (χ2n) is 8.62. The topological polar surface area (TPSA) is 82.8 Å². The van der Waals surface area contributed by atoms with E-state index in [1.54, 1.807) is 24.2 Å². The van der Waals surface area contributed by atoms with E-state index in [0.29, 0.717) is 23.1 Å². The van der Waals surface area contributed by atoms with E-state index in [0.717, 1.165) is 51.4 Å². The van der Waals surface area contributed by atoms with Crippen LogP contribution in [0.2, 0.25) is 0 Å². The summed E-state index contributed by atoms with van der Waals surface area (Å²) in [5.41, 5.74) is 4.76. The molecular formula is C28H23N5O2S. The highest BCUT2D eigenvalue weighted by atomic mass is 32.2. The van der Waals surface area contributed by atoms with Crippen molar-refractivity contribution in [3.63, 3.8) is 0 Å². The molecule has 36 heavy (non-hydrogen) atoms. The van der Waals surface area contributed by atoms with Gasteiger partial charge in [0, 0.05) is 40.7 Å². The van der Waals surface area contributed by atoms with Gasteiger partial charge >= 0.3 is 5.97 Å². The second-order valence-corrected chi connectivity index (χ2v) is 9.56. The molecule has 0 atom stereocenters. The Balaban J connectivity index is 1.45. The zero-order valence-electron chi connectivity index (χ0n) is 19.7. The number of fused-ring (bicyclic) bond motifs is 1. The fourth-order valence-corrected chi connectivity index (χ4v) is 5.41. The number of ether oxygens (including phenoxy) is 1. The lowest BCUT2D eigenvalue weighted by atomic mass is 9.94. The minimum atomic E-state index is -0.399. The van der Waals surface area contributed by atoms with Crippen LogP contribution in [0.1, 0.15) is 34.9 Å². The van der Waals surface area contributed by atoms with Crippen LogP contribution in [0.3, 0.4) is 0 Å². The first-order chi connectivity index (χ1) is 17.7. The molecular weight excluding hydrogens is 470 g/mol. The smallest absolute Gasteiger partial charge is 0.340 e. The molecule has 1 fully saturated rings. The number of hydrogen-bond donors (Lipinski definition) is 0. The summed E-state index contributed by atoms with van der Waals surface area (Å²) in [6.07, 6.45) is 5.73. The molecule has 0 spiro atoms. The van der Waals surface area contributed by atoms with Gasteiger partial charge < -0.3 is 4.74 Å². The number of thioether (sulfide) groups is 1. The Morgan fingerprint density at radius 1 is 0.972 bits per heavy atom. The number of carbonyl (C=O) groups excluding carboxylic acids is 1. The van der Waals surface area contributed by atoms with Crippen molar-refractivity contribution >= 4 is 28.6 Å². The Kier molecular flexibility index (Phi) is 5.95. The summed E-state index contributed by atoms with van der Waals surface area (Å²) in [5.74, 6) is 0.895. The molecule has 0 N–H and O–H groups in total. The molecule has 1 aliphatic carbocycles. The van der Waals surface area contributed by atoms with E-state index in [9.17, 15) is 4.79 Å². The van der Waals surface area contributed by atoms with Crippen LogP contribution in [0.15, 0.2) is 84.3 Å². The number of nitrogens with zero attached hydrogens (tertiary/aromatic N) is 5. The molecule has 1 aliphatic rings. The van der Waals surface area contributed by atoms with Crippen LogP contribution >= 0.6 is 11.8 Å². The maximum Gasteiger partial charge on any atom is 0.340 e. The van der Waals surface area contributed by atoms with Gasteiger partial charge in [0.25, 0.3) is 0 Å². The van der Waals surface area contributed by atoms with Gasteiger partial charge in [0.05, 0.1) is 23.9 Å². The van der Waals surface area contributed by atoms with Crippen molar-refractivity contribution in [3.8, 4) is 22.5 Å². The molecule has 1 saturated carbocycles. The molecule has 2 aromatic carbocycles. The first-order valence-electron chi connectivity index (χ1n) is 11.8. The number of para-hydroxylation sites is 1. The van der Waals surface area contributed by atoms with Crippen molar-refractivity contribution in [3.05, 3.63) is 90.4 Å². The molecule has 0 amide bonds. The highest BCUT2D eigenvalue weighted by Gasteiger charge is 2.31. The predicted molar refractivity (Wildman–Crippen MR) is 140 cm³/mol. The molecule has 0 bridgehead atoms. The van der Waals surface area contributed by atoms with E-state index in [-0.39, 0.29) is 0 Å². The third-order valence-corrected chi connectivity index (χ3v) is 7.23. The molecule has 0 saturated heterocycles. The predicted octanol–water partition coefficient (Wildman–Crippen LogP) is 5.97. The Hall–Kier alpha value is -4.04. The molecule has 8 heteroatoms. The lowest BCUT2D eigenvalue weighted by Gasteiger charge is -2.16. The van der Waals surface area contributed by atoms with Crippen LogP contribution in [-0.4, -0.2) is 37.8 Å². The molecule has 0 unspecified atom stereocenters. The highest BCUT2D eigenvalue weighted by molar-refractivity contribution is 7.98. The molecule has 3 heterocycles. The number of carbonyl (C=O) groups is 1. The van der Waals surface area contributed by atoms with Crippen LogP contribution in [0.25, 0.3) is 33.4 Å². The summed E-state index contributed by atoms with van der Waals surface area (Å²) < 4.78 is 7.45. The number of hydrogen-bond acceptors (Lipinski definition) is 7. The quantitative estimate of drug-likeness (QED) is 0.204. The molecule has 7 nitrogen and oxygen atoms in total. The Labute approximate surface area is 212 Å². The monoisotopic (exact) mass is 493 g/mol. The number of pyridine rings is 2. The Morgan fingerprint density at radius 2 is 1.72 bits per heavy atom. The van der Waals surface area contributed by atoms with Gasteiger partial charge in [-0.25, -0.2) is 4.79 Å². The van der Waals surface area contributed by atoms with Crippen molar-refractivity contribution in [1.29, 1.82) is 0 Å². The molecule has 5 aromatic rings. The first-order valence-corrected chi connectivity index (χ1v) is 12.8. The highest BCUT2D eigenvalue weighted by Crippen LogP contribution is 2.42. The number of esters is 1. The van der Waals surface area contributed by atoms with Crippen LogP contribution < -0.4 is 0 Å². The average Bonchev–Trinajstić information content (AvgIpc) is 3.69. The molecule has 6 rings (SSSR count). The van der Waals surface area contributed by atoms with Crippen molar-refractivity contribution < 1.29 is 9.53 Å². The van der Waals surface area contributed by atoms with Crippen LogP contribution in [0, 0.1) is 0 Å². The van der Waals surface area contributed by atoms with Crippen LogP contribution in [-0.2, 0) is 10.5 Å². The van der Waals surface area contributed by atoms with Gasteiger partial charge in [0.1, 0.15) is 0 Å². The fraction of sp³-hybridized carbons (Fsp3) is 0.179. The van der Waals surface area contributed by atoms with E-state index < -0.39 is 5.97 Å². The summed E-state index contributed by atoms with van der Waals surface area (Å²) in [4.78, 5) is 22.2. The van der Waals surface area contributed by atoms with Crippen LogP contribution in [0.4, 0.5) is 0 Å². The van der Waals surface area contributed by atoms with Gasteiger partial charge in [-0.3, -0.25) is 14.5 Å². The maximum atomic E-state index is 13.1. The summed E-state index contributed by atoms with van der Waals surface area (Å²) >= 11 is 1.54. The number of methoxy groups -OCH3 is 1. The van der Waals surface area contributed by atoms with Crippen LogP contribution in [0.5, 0.6) is 0 Å². The summed E-state index contributed by atoms with van der Waals surface area (Å²) in [6.45, 7) is 0. The Morgan fingerprint density at radius 3 is 2.47 bits per heavy atom. The van der Waals surface area contributed by atoms with Gasteiger partial charge in [-0.2, -0.15) is 0 Å². The Bertz CT molecular complexity index is 1550. The molecule has 0 aliphatic heterocycles.